The van der Waals surface area contributed by atoms with Crippen molar-refractivity contribution in [2.75, 3.05) is 7.05 Å². The fourth-order valence-corrected chi connectivity index (χ4v) is 10.8. The number of allylic oxidation sites excluding steroid dienone is 2. The first-order valence-corrected chi connectivity index (χ1v) is 14.7. The van der Waals surface area contributed by atoms with Gasteiger partial charge >= 0.3 is 6.03 Å². The zero-order valence-electron chi connectivity index (χ0n) is 24.7. The van der Waals surface area contributed by atoms with Gasteiger partial charge in [-0.2, -0.15) is 5.26 Å². The fourth-order valence-electron chi connectivity index (χ4n) is 10.8. The van der Waals surface area contributed by atoms with Crippen molar-refractivity contribution >= 4 is 17.6 Å². The molecule has 0 bridgehead atoms. The van der Waals surface area contributed by atoms with Gasteiger partial charge in [0.25, 0.3) is 0 Å². The summed E-state index contributed by atoms with van der Waals surface area (Å²) in [7, 11) is 1.66. The molecule has 0 aromatic carbocycles. The summed E-state index contributed by atoms with van der Waals surface area (Å²) >= 11 is 0. The van der Waals surface area contributed by atoms with E-state index in [0.717, 1.165) is 44.9 Å². The van der Waals surface area contributed by atoms with Crippen LogP contribution in [0.25, 0.3) is 0 Å². The molecular weight excluding hydrogens is 474 g/mol. The van der Waals surface area contributed by atoms with Crippen LogP contribution in [0.15, 0.2) is 11.6 Å². The van der Waals surface area contributed by atoms with Gasteiger partial charge in [-0.1, -0.05) is 54.5 Å². The lowest BCUT2D eigenvalue weighted by Gasteiger charge is -2.72. The predicted octanol–water partition coefficient (Wildman–Crippen LogP) is 5.97. The molecule has 4 saturated carbocycles. The van der Waals surface area contributed by atoms with Crippen LogP contribution in [-0.4, -0.2) is 30.2 Å². The van der Waals surface area contributed by atoms with Gasteiger partial charge in [0.2, 0.25) is 0 Å². The molecule has 6 nitrogen and oxygen atoms in total. The number of hydrogen-bond acceptors (Lipinski definition) is 4. The number of nitriles is 1. The number of rotatable bonds is 1. The summed E-state index contributed by atoms with van der Waals surface area (Å²) in [5.74, 6) is 0.458. The number of nitrogens with zero attached hydrogens (tertiary/aromatic N) is 1. The first-order valence-electron chi connectivity index (χ1n) is 14.7. The van der Waals surface area contributed by atoms with Crippen LogP contribution in [0.5, 0.6) is 0 Å². The summed E-state index contributed by atoms with van der Waals surface area (Å²) < 4.78 is 0. The molecule has 0 aromatic heterocycles. The Morgan fingerprint density at radius 1 is 0.947 bits per heavy atom. The summed E-state index contributed by atoms with van der Waals surface area (Å²) in [4.78, 5) is 40.4. The summed E-state index contributed by atoms with van der Waals surface area (Å²) in [6.07, 6.45) is 9.01. The minimum Gasteiger partial charge on any atom is -0.341 e. The molecule has 38 heavy (non-hydrogen) atoms. The van der Waals surface area contributed by atoms with Crippen molar-refractivity contribution in [3.05, 3.63) is 11.6 Å². The average Bonchev–Trinajstić information content (AvgIpc) is 2.83. The van der Waals surface area contributed by atoms with E-state index in [-0.39, 0.29) is 68.3 Å². The summed E-state index contributed by atoms with van der Waals surface area (Å²) in [5.41, 5.74) is -1.29. The van der Waals surface area contributed by atoms with Crippen LogP contribution in [-0.2, 0) is 9.59 Å². The second kappa shape index (κ2) is 8.18. The van der Waals surface area contributed by atoms with E-state index in [2.05, 4.69) is 51.3 Å². The third-order valence-corrected chi connectivity index (χ3v) is 13.1. The van der Waals surface area contributed by atoms with Crippen LogP contribution in [0.2, 0.25) is 0 Å². The number of hydrogen-bond donors (Lipinski definition) is 2. The second-order valence-corrected chi connectivity index (χ2v) is 15.5. The van der Waals surface area contributed by atoms with Crippen molar-refractivity contribution in [2.24, 2.45) is 50.7 Å². The Bertz CT molecular complexity index is 1160. The van der Waals surface area contributed by atoms with E-state index in [0.29, 0.717) is 12.2 Å². The van der Waals surface area contributed by atoms with Crippen LogP contribution in [0.4, 0.5) is 4.79 Å². The molecule has 3 unspecified atom stereocenters. The molecule has 0 radical (unpaired) electrons. The van der Waals surface area contributed by atoms with E-state index in [1.54, 1.807) is 7.05 Å². The zero-order chi connectivity index (χ0) is 28.1. The van der Waals surface area contributed by atoms with Crippen molar-refractivity contribution in [3.63, 3.8) is 0 Å². The van der Waals surface area contributed by atoms with E-state index in [4.69, 9.17) is 0 Å². The molecule has 5 aliphatic rings. The van der Waals surface area contributed by atoms with E-state index in [1.165, 1.54) is 0 Å². The molecule has 0 spiro atoms. The Hall–Kier alpha value is -2.16. The minimum atomic E-state index is -0.622. The Balaban J connectivity index is 1.62. The number of carbonyl (C=O) groups is 3. The third kappa shape index (κ3) is 3.38. The predicted molar refractivity (Wildman–Crippen MR) is 147 cm³/mol. The normalized spacial score (nSPS) is 46.8. The molecular formula is C32H47N3O3. The molecule has 2 N–H and O–H groups in total. The van der Waals surface area contributed by atoms with Crippen LogP contribution >= 0.6 is 0 Å². The van der Waals surface area contributed by atoms with Crippen molar-refractivity contribution in [1.82, 2.24) is 10.6 Å². The van der Waals surface area contributed by atoms with Crippen molar-refractivity contribution in [3.8, 4) is 6.07 Å². The van der Waals surface area contributed by atoms with Gasteiger partial charge < -0.3 is 10.6 Å². The van der Waals surface area contributed by atoms with Gasteiger partial charge in [0.15, 0.2) is 5.78 Å². The highest BCUT2D eigenvalue weighted by Gasteiger charge is 2.72. The van der Waals surface area contributed by atoms with Gasteiger partial charge in [-0.3, -0.25) is 9.59 Å². The van der Waals surface area contributed by atoms with Crippen LogP contribution in [0.3, 0.4) is 0 Å². The van der Waals surface area contributed by atoms with Crippen LogP contribution < -0.4 is 10.6 Å². The number of urea groups is 1. The minimum absolute atomic E-state index is 0.0514. The second-order valence-electron chi connectivity index (χ2n) is 15.5. The largest absolute Gasteiger partial charge is 0.341 e. The number of fused-ring (bicyclic) bond motifs is 7. The SMILES string of the molecule is CNC(=O)NC12CCC(C)(C)CC1C1C(=O)C[C@@H]3[C@@]4(C)C=C(C#N)C(=O)C(C)(C)[C@@H]4CC[C@@]3(C)[C@]1(C)CC2. The van der Waals surface area contributed by atoms with Gasteiger partial charge in [0.05, 0.1) is 5.57 Å². The molecule has 4 fully saturated rings. The van der Waals surface area contributed by atoms with E-state index in [1.807, 2.05) is 19.9 Å². The average molecular weight is 522 g/mol. The third-order valence-electron chi connectivity index (χ3n) is 13.1. The van der Waals surface area contributed by atoms with Crippen molar-refractivity contribution in [2.45, 2.75) is 105 Å². The van der Waals surface area contributed by atoms with E-state index < -0.39 is 5.41 Å². The molecule has 5 aliphatic carbocycles. The van der Waals surface area contributed by atoms with E-state index >= 15 is 0 Å². The van der Waals surface area contributed by atoms with E-state index in [9.17, 15) is 19.6 Å². The molecule has 0 aromatic rings. The highest BCUT2D eigenvalue weighted by Crippen LogP contribution is 2.74. The van der Waals surface area contributed by atoms with Gasteiger partial charge in [0.1, 0.15) is 11.9 Å². The quantitative estimate of drug-likeness (QED) is 0.444. The maximum atomic E-state index is 14.5. The molecule has 0 aliphatic heterocycles. The number of carbonyl (C=O) groups excluding carboxylic acids is 3. The number of Topliss-reactive ketones (excluding diaryl/α,β-unsaturated/α-hetero) is 2. The Morgan fingerprint density at radius 3 is 2.24 bits per heavy atom. The van der Waals surface area contributed by atoms with Gasteiger partial charge in [0, 0.05) is 30.3 Å². The molecule has 8 atom stereocenters. The van der Waals surface area contributed by atoms with Crippen molar-refractivity contribution in [1.29, 1.82) is 5.26 Å². The van der Waals surface area contributed by atoms with Crippen LogP contribution in [0, 0.1) is 62.1 Å². The number of nitrogens with one attached hydrogen (secondary N) is 2. The number of amides is 2. The molecule has 0 heterocycles. The Morgan fingerprint density at radius 2 is 1.61 bits per heavy atom. The fraction of sp³-hybridized carbons (Fsp3) is 0.812. The summed E-state index contributed by atoms with van der Waals surface area (Å²) in [6.45, 7) is 15.6. The molecule has 208 valence electrons. The maximum Gasteiger partial charge on any atom is 0.314 e. The summed E-state index contributed by atoms with van der Waals surface area (Å²) in [6, 6.07) is 2.06. The smallest absolute Gasteiger partial charge is 0.314 e. The maximum absolute atomic E-state index is 14.5. The molecule has 0 saturated heterocycles. The first kappa shape index (κ1) is 27.4. The summed E-state index contributed by atoms with van der Waals surface area (Å²) in [5, 5.41) is 16.0. The van der Waals surface area contributed by atoms with Gasteiger partial charge in [-0.25, -0.2) is 4.79 Å². The highest BCUT2D eigenvalue weighted by atomic mass is 16.2. The Labute approximate surface area is 228 Å². The molecule has 6 heteroatoms. The lowest BCUT2D eigenvalue weighted by Crippen LogP contribution is -2.72. The molecule has 5 rings (SSSR count). The lowest BCUT2D eigenvalue weighted by molar-refractivity contribution is -0.214. The highest BCUT2D eigenvalue weighted by molar-refractivity contribution is 6.04. The lowest BCUT2D eigenvalue weighted by atomic mass is 9.32. The first-order chi connectivity index (χ1) is 17.5. The van der Waals surface area contributed by atoms with Crippen molar-refractivity contribution < 1.29 is 14.4 Å². The van der Waals surface area contributed by atoms with Gasteiger partial charge in [-0.15, -0.1) is 0 Å². The standard InChI is InChI=1S/C32H47N3O3/c1-27(2)11-13-32(35-26(38)34-8)14-12-31(7)24(20(32)17-27)21(36)15-23-29(5)16-19(18-33)25(37)28(3,4)22(29)9-10-30(23,31)6/h16,20,22-24H,9-15,17H2,1-8H3,(H2,34,35,38)/t20?,22-,23+,24?,29-,30+,31+,32?/m0/s1. The van der Waals surface area contributed by atoms with Crippen LogP contribution in [0.1, 0.15) is 99.8 Å². The van der Waals surface area contributed by atoms with Gasteiger partial charge in [-0.05, 0) is 84.4 Å². The monoisotopic (exact) mass is 521 g/mol. The molecule has 2 amide bonds. The Kier molecular flexibility index (Phi) is 5.90. The zero-order valence-corrected chi connectivity index (χ0v) is 24.7. The number of ketones is 2. The topological polar surface area (TPSA) is 99.1 Å².